The van der Waals surface area contributed by atoms with Gasteiger partial charge in [0, 0.05) is 17.3 Å². The van der Waals surface area contributed by atoms with Gasteiger partial charge in [-0.1, -0.05) is 49.9 Å². The highest BCUT2D eigenvalue weighted by Gasteiger charge is 2.22. The predicted octanol–water partition coefficient (Wildman–Crippen LogP) is 3.94. The molecule has 3 rings (SSSR count). The number of para-hydroxylation sites is 1. The highest BCUT2D eigenvalue weighted by Crippen LogP contribution is 2.20. The fourth-order valence-corrected chi connectivity index (χ4v) is 4.56. The summed E-state index contributed by atoms with van der Waals surface area (Å²) in [5, 5.41) is 2.77. The van der Waals surface area contributed by atoms with Crippen LogP contribution >= 0.6 is 0 Å². The van der Waals surface area contributed by atoms with Crippen LogP contribution in [0.4, 0.5) is 5.69 Å². The van der Waals surface area contributed by atoms with Crippen LogP contribution in [0, 0.1) is 0 Å². The Morgan fingerprint density at radius 1 is 0.885 bits per heavy atom. The Bertz CT molecular complexity index is 842. The largest absolute Gasteiger partial charge is 0.322 e. The highest BCUT2D eigenvalue weighted by atomic mass is 32.2. The van der Waals surface area contributed by atoms with Crippen LogP contribution in [0.25, 0.3) is 0 Å². The molecule has 0 radical (unpaired) electrons. The molecule has 5 nitrogen and oxygen atoms in total. The van der Waals surface area contributed by atoms with Gasteiger partial charge in [0.15, 0.2) is 0 Å². The number of anilines is 1. The van der Waals surface area contributed by atoms with Crippen LogP contribution in [0.3, 0.4) is 0 Å². The minimum atomic E-state index is -3.63. The molecule has 2 N–H and O–H groups in total. The standard InChI is InChI=1S/C20H24N2O3S/c23-20(21-17-10-6-3-7-11-17)16-9-8-14-19(15-16)26(24,25)22-18-12-4-1-2-5-13-18/h3,6-11,14-15,18,22H,1-2,4-5,12-13H2,(H,21,23). The molecular weight excluding hydrogens is 348 g/mol. The fourth-order valence-electron chi connectivity index (χ4n) is 3.21. The van der Waals surface area contributed by atoms with Gasteiger partial charge in [-0.05, 0) is 43.2 Å². The van der Waals surface area contributed by atoms with Crippen molar-refractivity contribution in [1.29, 1.82) is 0 Å². The molecule has 26 heavy (non-hydrogen) atoms. The van der Waals surface area contributed by atoms with Crippen LogP contribution < -0.4 is 10.0 Å². The van der Waals surface area contributed by atoms with Gasteiger partial charge in [-0.3, -0.25) is 4.79 Å². The van der Waals surface area contributed by atoms with Gasteiger partial charge < -0.3 is 5.32 Å². The number of carbonyl (C=O) groups excluding carboxylic acids is 1. The first-order valence-corrected chi connectivity index (χ1v) is 10.5. The van der Waals surface area contributed by atoms with Crippen molar-refractivity contribution in [1.82, 2.24) is 4.72 Å². The molecule has 0 saturated heterocycles. The van der Waals surface area contributed by atoms with Crippen LogP contribution in [0.5, 0.6) is 0 Å². The van der Waals surface area contributed by atoms with E-state index >= 15 is 0 Å². The average molecular weight is 372 g/mol. The molecule has 1 amide bonds. The lowest BCUT2D eigenvalue weighted by molar-refractivity contribution is 0.102. The smallest absolute Gasteiger partial charge is 0.255 e. The van der Waals surface area contributed by atoms with E-state index < -0.39 is 10.0 Å². The summed E-state index contributed by atoms with van der Waals surface area (Å²) in [6.07, 6.45) is 6.15. The minimum absolute atomic E-state index is 0.0238. The Labute approximate surface area is 154 Å². The van der Waals surface area contributed by atoms with Gasteiger partial charge in [-0.15, -0.1) is 0 Å². The molecular formula is C20H24N2O3S. The Kier molecular flexibility index (Phi) is 6.06. The van der Waals surface area contributed by atoms with E-state index in [1.807, 2.05) is 18.2 Å². The van der Waals surface area contributed by atoms with Crippen LogP contribution in [-0.2, 0) is 10.0 Å². The summed E-state index contributed by atoms with van der Waals surface area (Å²) >= 11 is 0. The molecule has 1 fully saturated rings. The van der Waals surface area contributed by atoms with Crippen molar-refractivity contribution in [2.75, 3.05) is 5.32 Å². The Morgan fingerprint density at radius 3 is 2.27 bits per heavy atom. The molecule has 0 atom stereocenters. The lowest BCUT2D eigenvalue weighted by Crippen LogP contribution is -2.34. The molecule has 2 aromatic rings. The second-order valence-electron chi connectivity index (χ2n) is 6.66. The summed E-state index contributed by atoms with van der Waals surface area (Å²) in [5.41, 5.74) is 0.986. The molecule has 1 aliphatic carbocycles. The zero-order valence-corrected chi connectivity index (χ0v) is 15.5. The second-order valence-corrected chi connectivity index (χ2v) is 8.37. The van der Waals surface area contributed by atoms with Crippen molar-refractivity contribution in [2.45, 2.75) is 49.5 Å². The Hall–Kier alpha value is -2.18. The molecule has 0 heterocycles. The third-order valence-electron chi connectivity index (χ3n) is 4.62. The van der Waals surface area contributed by atoms with Crippen molar-refractivity contribution < 1.29 is 13.2 Å². The number of hydrogen-bond donors (Lipinski definition) is 2. The zero-order valence-electron chi connectivity index (χ0n) is 14.6. The first kappa shape index (κ1) is 18.6. The number of amides is 1. The molecule has 0 spiro atoms. The molecule has 0 aliphatic heterocycles. The van der Waals surface area contributed by atoms with Gasteiger partial charge in [0.1, 0.15) is 0 Å². The second kappa shape index (κ2) is 8.47. The SMILES string of the molecule is O=C(Nc1ccccc1)c1cccc(S(=O)(=O)NC2CCCCCC2)c1. The molecule has 138 valence electrons. The zero-order chi connectivity index (χ0) is 18.4. The predicted molar refractivity (Wildman–Crippen MR) is 103 cm³/mol. The molecule has 6 heteroatoms. The van der Waals surface area contributed by atoms with Crippen molar-refractivity contribution in [3.05, 3.63) is 60.2 Å². The van der Waals surface area contributed by atoms with Gasteiger partial charge in [0.05, 0.1) is 4.90 Å². The van der Waals surface area contributed by atoms with E-state index in [9.17, 15) is 13.2 Å². The quantitative estimate of drug-likeness (QED) is 0.781. The first-order chi connectivity index (χ1) is 12.5. The molecule has 1 aliphatic rings. The molecule has 1 saturated carbocycles. The summed E-state index contributed by atoms with van der Waals surface area (Å²) in [6, 6.07) is 15.2. The molecule has 0 unspecified atom stereocenters. The monoisotopic (exact) mass is 372 g/mol. The van der Waals surface area contributed by atoms with E-state index in [4.69, 9.17) is 0 Å². The number of carbonyl (C=O) groups is 1. The summed E-state index contributed by atoms with van der Waals surface area (Å²) in [6.45, 7) is 0. The summed E-state index contributed by atoms with van der Waals surface area (Å²) < 4.78 is 28.2. The third-order valence-corrected chi connectivity index (χ3v) is 6.13. The normalized spacial score (nSPS) is 16.0. The van der Waals surface area contributed by atoms with Crippen LogP contribution in [0.15, 0.2) is 59.5 Å². The van der Waals surface area contributed by atoms with Gasteiger partial charge in [0.2, 0.25) is 10.0 Å². The summed E-state index contributed by atoms with van der Waals surface area (Å²) in [5.74, 6) is -0.331. The van der Waals surface area contributed by atoms with E-state index in [1.165, 1.54) is 12.1 Å². The minimum Gasteiger partial charge on any atom is -0.322 e. The molecule has 2 aromatic carbocycles. The first-order valence-electron chi connectivity index (χ1n) is 9.03. The number of hydrogen-bond acceptors (Lipinski definition) is 3. The molecule has 0 bridgehead atoms. The van der Waals surface area contributed by atoms with Gasteiger partial charge in [0.25, 0.3) is 5.91 Å². The highest BCUT2D eigenvalue weighted by molar-refractivity contribution is 7.89. The van der Waals surface area contributed by atoms with E-state index in [0.29, 0.717) is 11.3 Å². The lowest BCUT2D eigenvalue weighted by Gasteiger charge is -2.16. The van der Waals surface area contributed by atoms with Crippen LogP contribution in [0.1, 0.15) is 48.9 Å². The lowest BCUT2D eigenvalue weighted by atomic mass is 10.1. The number of nitrogens with one attached hydrogen (secondary N) is 2. The van der Waals surface area contributed by atoms with Gasteiger partial charge in [-0.25, -0.2) is 13.1 Å². The maximum absolute atomic E-state index is 12.7. The van der Waals surface area contributed by atoms with Gasteiger partial charge in [-0.2, -0.15) is 0 Å². The van der Waals surface area contributed by atoms with E-state index in [1.54, 1.807) is 24.3 Å². The van der Waals surface area contributed by atoms with E-state index in [-0.39, 0.29) is 16.8 Å². The van der Waals surface area contributed by atoms with Crippen molar-refractivity contribution in [2.24, 2.45) is 0 Å². The van der Waals surface area contributed by atoms with Crippen molar-refractivity contribution in [3.63, 3.8) is 0 Å². The van der Waals surface area contributed by atoms with Crippen molar-refractivity contribution >= 4 is 21.6 Å². The van der Waals surface area contributed by atoms with E-state index in [0.717, 1.165) is 38.5 Å². The van der Waals surface area contributed by atoms with Gasteiger partial charge >= 0.3 is 0 Å². The van der Waals surface area contributed by atoms with E-state index in [2.05, 4.69) is 10.0 Å². The Morgan fingerprint density at radius 2 is 1.58 bits per heavy atom. The number of benzene rings is 2. The van der Waals surface area contributed by atoms with Crippen LogP contribution in [0.2, 0.25) is 0 Å². The van der Waals surface area contributed by atoms with Crippen molar-refractivity contribution in [3.8, 4) is 0 Å². The number of sulfonamides is 1. The summed E-state index contributed by atoms with van der Waals surface area (Å²) in [4.78, 5) is 12.5. The topological polar surface area (TPSA) is 75.3 Å². The third kappa shape index (κ3) is 4.93. The summed E-state index contributed by atoms with van der Waals surface area (Å²) in [7, 11) is -3.63. The maximum atomic E-state index is 12.7. The molecule has 0 aromatic heterocycles. The maximum Gasteiger partial charge on any atom is 0.255 e. The van der Waals surface area contributed by atoms with Crippen LogP contribution in [-0.4, -0.2) is 20.4 Å². The Balaban J connectivity index is 1.74. The fraction of sp³-hybridized carbons (Fsp3) is 0.350. The average Bonchev–Trinajstić information content (AvgIpc) is 2.91. The number of rotatable bonds is 5.